The van der Waals surface area contributed by atoms with E-state index in [1.54, 1.807) is 84.9 Å². The predicted octanol–water partition coefficient (Wildman–Crippen LogP) is 24.0. The maximum atomic E-state index is 13.2. The maximum absolute atomic E-state index is 13.2. The van der Waals surface area contributed by atoms with E-state index in [0.717, 1.165) is 20.6 Å². The first-order valence-corrected chi connectivity index (χ1v) is 56.1. The van der Waals surface area contributed by atoms with E-state index in [-0.39, 0.29) is 126 Å². The van der Waals surface area contributed by atoms with Crippen LogP contribution in [0, 0.1) is 0 Å². The fourth-order valence-corrected chi connectivity index (χ4v) is 22.1. The molecule has 0 bridgehead atoms. The molecule has 29 nitrogen and oxygen atoms in total. The lowest BCUT2D eigenvalue weighted by atomic mass is 10.00. The van der Waals surface area contributed by atoms with Crippen molar-refractivity contribution in [3.8, 4) is 28.7 Å². The topological polar surface area (TPSA) is 412 Å². The van der Waals surface area contributed by atoms with Gasteiger partial charge in [-0.2, -0.15) is 13.2 Å². The fraction of sp³-hybridized carbons (Fsp3) is 0.151. The van der Waals surface area contributed by atoms with Crippen LogP contribution < -0.4 is 52.0 Å². The summed E-state index contributed by atoms with van der Waals surface area (Å²) in [5.41, 5.74) is -0.248. The Hall–Kier alpha value is -14.1. The van der Waals surface area contributed by atoms with Gasteiger partial charge >= 0.3 is 6.18 Å². The smallest absolute Gasteiger partial charge is 0.416 e. The fourth-order valence-electron chi connectivity index (χ4n) is 13.3. The molecular weight excluding hydrogens is 2140 g/mol. The Labute approximate surface area is 886 Å². The minimum atomic E-state index is -4.71. The van der Waals surface area contributed by atoms with Crippen molar-refractivity contribution in [2.45, 2.75) is 150 Å². The van der Waals surface area contributed by atoms with E-state index in [2.05, 4.69) is 33.6 Å². The van der Waals surface area contributed by atoms with Gasteiger partial charge in [0.05, 0.1) is 98.8 Å². The van der Waals surface area contributed by atoms with Gasteiger partial charge in [-0.15, -0.1) is 0 Å². The number of alkyl halides is 3. The van der Waals surface area contributed by atoms with Crippen molar-refractivity contribution in [3.05, 3.63) is 406 Å². The number of ether oxygens (including phenoxy) is 5. The minimum Gasteiger partial charge on any atom is -0.491 e. The summed E-state index contributed by atoms with van der Waals surface area (Å²) in [5.74, 6) is 1.14. The zero-order valence-electron chi connectivity index (χ0n) is 80.8. The van der Waals surface area contributed by atoms with Crippen LogP contribution in [0.4, 0.5) is 41.6 Å². The van der Waals surface area contributed by atoms with Crippen molar-refractivity contribution >= 4 is 164 Å². The van der Waals surface area contributed by atoms with Crippen LogP contribution in [0.25, 0.3) is 0 Å². The van der Waals surface area contributed by atoms with Gasteiger partial charge in [-0.25, -0.2) is 50.5 Å². The monoisotopic (exact) mass is 2240 g/mol. The first-order valence-electron chi connectivity index (χ1n) is 44.9. The molecule has 0 aliphatic rings. The summed E-state index contributed by atoms with van der Waals surface area (Å²) < 4.78 is 235. The molecule has 149 heavy (non-hydrogen) atoms. The van der Waals surface area contributed by atoms with E-state index >= 15 is 0 Å². The molecule has 0 aliphatic heterocycles. The molecule has 0 saturated carbocycles. The number of benzene rings is 12. The molecule has 0 saturated heterocycles. The Kier molecular flexibility index (Phi) is 39.6. The lowest BCUT2D eigenvalue weighted by Gasteiger charge is -2.15. The maximum Gasteiger partial charge on any atom is 0.416 e. The van der Waals surface area contributed by atoms with Crippen LogP contribution >= 0.6 is 58.2 Å². The molecule has 0 aliphatic carbocycles. The minimum absolute atomic E-state index is 0.0206. The van der Waals surface area contributed by atoms with E-state index in [4.69, 9.17) is 70.1 Å². The summed E-state index contributed by atoms with van der Waals surface area (Å²) in [7, 11) is -23.9. The van der Waals surface area contributed by atoms with Crippen LogP contribution in [-0.2, 0) is 66.1 Å². The van der Waals surface area contributed by atoms with Gasteiger partial charge in [-0.3, -0.25) is 53.2 Å². The highest BCUT2D eigenvalue weighted by Crippen LogP contribution is 2.40. The van der Waals surface area contributed by atoms with Gasteiger partial charge in [0.2, 0.25) is 22.2 Å². The lowest BCUT2D eigenvalue weighted by molar-refractivity contribution is -0.904. The summed E-state index contributed by atoms with van der Waals surface area (Å²) in [4.78, 5) is 47.8. The second-order valence-corrected chi connectivity index (χ2v) is 46.5. The zero-order chi connectivity index (χ0) is 109. The van der Waals surface area contributed by atoms with Gasteiger partial charge in [0.1, 0.15) is 28.7 Å². The van der Waals surface area contributed by atoms with Crippen LogP contribution in [0.2, 0.25) is 20.1 Å². The Morgan fingerprint density at radius 2 is 0.584 bits per heavy atom. The van der Waals surface area contributed by atoms with E-state index in [1.165, 1.54) is 225 Å². The quantitative estimate of drug-likeness (QED) is 0.0122. The predicted molar refractivity (Wildman–Crippen MR) is 567 cm³/mol. The van der Waals surface area contributed by atoms with Crippen LogP contribution in [-0.4, -0.2) is 114 Å². The van der Waals surface area contributed by atoms with Crippen molar-refractivity contribution in [1.29, 1.82) is 0 Å². The normalized spacial score (nSPS) is 11.6. The molecule has 0 spiro atoms. The molecule has 778 valence electrons. The van der Waals surface area contributed by atoms with Crippen molar-refractivity contribution in [1.82, 2.24) is 9.97 Å². The van der Waals surface area contributed by atoms with Gasteiger partial charge in [0.15, 0.2) is 17.3 Å². The second-order valence-electron chi connectivity index (χ2n) is 33.3. The highest BCUT2D eigenvalue weighted by Gasteiger charge is 2.34. The largest absolute Gasteiger partial charge is 0.491 e. The molecule has 43 heteroatoms. The third-order valence-corrected chi connectivity index (χ3v) is 30.7. The number of carbonyl (C=O) groups is 3. The molecule has 0 atom stereocenters. The summed E-state index contributed by atoms with van der Waals surface area (Å²) in [6, 6.07) is 75.8. The van der Waals surface area contributed by atoms with Gasteiger partial charge in [0.25, 0.3) is 50.1 Å². The SMILES string of the molecule is CC(C)Oc1ccc(S(=O)(=O)Nc2ccc(C(F)(F)F)cc2C(=O)c2ccncc2)cc1.CC(C)Oc1ccc(S(=O)(=O)Nc2ccc(Cl)cc2C(=O)c2cc[n+](O)cc2)cc1.CC(C)Oc1ccc(S(=O)(=O)Nc2ccc(Cl)cc2C(=O)c2ccncc2)cc1.CC(C)Oc1ccc(S(=O)(=O)Nc2ccc(Cl)cc2S(=O)(=O)c2ccccc2)cc1.CC(C)Oc1ccc(S(=O)(=O)Nc2ccc(Cl)cc2Sc2ccccc2)cc1. The van der Waals surface area contributed by atoms with Crippen molar-refractivity contribution in [2.75, 3.05) is 23.6 Å². The summed E-state index contributed by atoms with van der Waals surface area (Å²) >= 11 is 25.6. The molecule has 12 aromatic carbocycles. The molecule has 0 radical (unpaired) electrons. The number of carbonyl (C=O) groups excluding carboxylic acids is 3. The highest BCUT2D eigenvalue weighted by molar-refractivity contribution is 7.99. The van der Waals surface area contributed by atoms with Gasteiger partial charge in [-0.05, 0) is 330 Å². The van der Waals surface area contributed by atoms with Gasteiger partial charge in [-0.1, -0.05) is 94.6 Å². The average Bonchev–Trinajstić information content (AvgIpc) is 0.761. The number of hydrogen-bond donors (Lipinski definition) is 6. The molecule has 0 amide bonds. The third kappa shape index (κ3) is 33.4. The lowest BCUT2D eigenvalue weighted by Crippen LogP contribution is -2.28. The van der Waals surface area contributed by atoms with Crippen LogP contribution in [0.5, 0.6) is 28.7 Å². The van der Waals surface area contributed by atoms with E-state index < -0.39 is 88.8 Å². The van der Waals surface area contributed by atoms with Crippen LogP contribution in [0.15, 0.2) is 391 Å². The molecule has 0 fully saturated rings. The number of ketones is 3. The third-order valence-electron chi connectivity index (χ3n) is 20.0. The average molecular weight is 2240 g/mol. The first-order chi connectivity index (χ1) is 70.3. The summed E-state index contributed by atoms with van der Waals surface area (Å²) in [6.07, 6.45) is 3.28. The second kappa shape index (κ2) is 51.2. The zero-order valence-corrected chi connectivity index (χ0v) is 89.5. The summed E-state index contributed by atoms with van der Waals surface area (Å²) in [6.45, 7) is 18.7. The van der Waals surface area contributed by atoms with Crippen LogP contribution in [0.3, 0.4) is 0 Å². The molecule has 0 unspecified atom stereocenters. The number of nitrogens with one attached hydrogen (secondary N) is 5. The molecule has 15 rings (SSSR count). The molecule has 3 aromatic heterocycles. The van der Waals surface area contributed by atoms with Crippen molar-refractivity contribution in [2.24, 2.45) is 0 Å². The van der Waals surface area contributed by atoms with Crippen molar-refractivity contribution < 1.29 is 112 Å². The Morgan fingerprint density at radius 3 is 0.906 bits per heavy atom. The molecule has 15 aromatic rings. The van der Waals surface area contributed by atoms with E-state index in [9.17, 15) is 83.3 Å². The van der Waals surface area contributed by atoms with E-state index in [1.807, 2.05) is 99.6 Å². The number of sulfonamides is 5. The standard InChI is InChI=1S/C22H19F3N2O4S.C21H19ClN2O5S.C21H19ClN2O4S.C21H20ClNO5S2.C21H20ClNO3S2/c1-14(2)31-17-4-6-18(7-5-17)32(29,30)27-20-8-3-16(22(23,24)25)13-19(20)21(28)15-9-11-26-12-10-15;1-14(2)29-17-4-6-18(7-5-17)30(27,28)23-20-8-3-16(22)13-19(20)21(25)15-9-11-24(26)12-10-15;1-14(2)28-17-4-6-18(7-5-17)29(26,27)24-20-8-3-16(22)13-19(20)21(25)15-9-11-23-12-10-15;1-15(2)28-17-9-11-19(12-10-17)30(26,27)23-20-13-8-16(22)14-21(20)29(24,25)18-6-4-3-5-7-18;1-15(2)26-17-9-11-19(12-10-17)28(24,25)23-20-13-8-16(22)14-21(20)27-18-6-4-3-5-7-18/h3-14,27H,1-2H3;3-14H,1-2H3,(H-,23,25,26);3-14,24H,1-2H3;3-15,23H,1-2H3;3-15,23H,1-2H3/p+1. The number of anilines is 5. The molecule has 6 N–H and O–H groups in total. The number of hydrogen-bond acceptors (Lipinski definition) is 24. The van der Waals surface area contributed by atoms with Crippen molar-refractivity contribution in [3.63, 3.8) is 0 Å². The Bertz CT molecular complexity index is 7950. The summed E-state index contributed by atoms with van der Waals surface area (Å²) in [5, 5.41) is 10.6. The molecular formula is C106H98Cl4F3N8O21S7+. The van der Waals surface area contributed by atoms with Gasteiger partial charge < -0.3 is 23.7 Å². The Morgan fingerprint density at radius 1 is 0.315 bits per heavy atom. The highest BCUT2D eigenvalue weighted by atomic mass is 35.5. The number of rotatable bonds is 35. The number of pyridine rings is 3. The number of sulfone groups is 1. The number of halogens is 7. The first kappa shape index (κ1) is 115. The number of nitrogens with zero attached hydrogens (tertiary/aromatic N) is 3. The number of aromatic nitrogens is 3. The van der Waals surface area contributed by atoms with Gasteiger partial charge in [0, 0.05) is 105 Å². The van der Waals surface area contributed by atoms with E-state index in [0.29, 0.717) is 62.2 Å². The molecule has 3 heterocycles. The Balaban J connectivity index is 0.000000177. The van der Waals surface area contributed by atoms with Crippen LogP contribution in [0.1, 0.15) is 123 Å².